The van der Waals surface area contributed by atoms with Gasteiger partial charge in [0.05, 0.1) is 12.2 Å². The second-order valence-electron chi connectivity index (χ2n) is 5.39. The van der Waals surface area contributed by atoms with Gasteiger partial charge < -0.3 is 10.6 Å². The van der Waals surface area contributed by atoms with Crippen LogP contribution in [-0.2, 0) is 11.8 Å². The molecule has 1 amide bonds. The first-order valence-electron chi connectivity index (χ1n) is 7.05. The number of nitrogens with zero attached hydrogens (tertiary/aromatic N) is 2. The molecule has 2 N–H and O–H groups in total. The van der Waals surface area contributed by atoms with Crippen molar-refractivity contribution in [2.24, 2.45) is 7.05 Å². The molecule has 0 bridgehead atoms. The van der Waals surface area contributed by atoms with Crippen molar-refractivity contribution in [2.45, 2.75) is 52.1 Å². The maximum absolute atomic E-state index is 11.7. The van der Waals surface area contributed by atoms with Crippen molar-refractivity contribution in [2.75, 3.05) is 6.54 Å². The van der Waals surface area contributed by atoms with Crippen LogP contribution in [0.5, 0.6) is 0 Å². The van der Waals surface area contributed by atoms with Crippen LogP contribution in [0.4, 0.5) is 0 Å². The minimum absolute atomic E-state index is 0.0974. The molecule has 1 aromatic heterocycles. The van der Waals surface area contributed by atoms with Crippen molar-refractivity contribution >= 4 is 5.91 Å². The van der Waals surface area contributed by atoms with Crippen molar-refractivity contribution in [3.05, 3.63) is 17.0 Å². The predicted octanol–water partition coefficient (Wildman–Crippen LogP) is 1.36. The summed E-state index contributed by atoms with van der Waals surface area (Å²) in [6.45, 7) is 6.60. The van der Waals surface area contributed by atoms with Gasteiger partial charge in [0.2, 0.25) is 5.91 Å². The molecule has 0 spiro atoms. The summed E-state index contributed by atoms with van der Waals surface area (Å²) in [4.78, 5) is 11.7. The quantitative estimate of drug-likeness (QED) is 0.815. The maximum Gasteiger partial charge on any atom is 0.234 e. The van der Waals surface area contributed by atoms with Gasteiger partial charge in [-0.25, -0.2) is 0 Å². The van der Waals surface area contributed by atoms with Gasteiger partial charge in [0.15, 0.2) is 0 Å². The normalized spacial score (nSPS) is 16.4. The SMILES string of the molecule is CC[C@@H](NCC(=O)NC1CC1)c1c(C)nn(C)c1C. The standard InChI is InChI=1S/C14H24N4O/c1-5-12(14-9(2)17-18(4)10(14)3)15-8-13(19)16-11-6-7-11/h11-12,15H,5-8H2,1-4H3,(H,16,19)/t12-/m1/s1. The van der Waals surface area contributed by atoms with Gasteiger partial charge in [0.1, 0.15) is 0 Å². The molecule has 1 aliphatic rings. The Kier molecular flexibility index (Phi) is 4.24. The smallest absolute Gasteiger partial charge is 0.234 e. The Morgan fingerprint density at radius 3 is 2.63 bits per heavy atom. The molecule has 0 unspecified atom stereocenters. The molecule has 2 rings (SSSR count). The van der Waals surface area contributed by atoms with Crippen LogP contribution in [0.2, 0.25) is 0 Å². The summed E-state index contributed by atoms with van der Waals surface area (Å²) in [5.74, 6) is 0.0974. The lowest BCUT2D eigenvalue weighted by Gasteiger charge is -2.17. The summed E-state index contributed by atoms with van der Waals surface area (Å²) >= 11 is 0. The summed E-state index contributed by atoms with van der Waals surface area (Å²) < 4.78 is 1.90. The fourth-order valence-corrected chi connectivity index (χ4v) is 2.47. The number of nitrogens with one attached hydrogen (secondary N) is 2. The number of amides is 1. The van der Waals surface area contributed by atoms with Crippen LogP contribution in [-0.4, -0.2) is 28.3 Å². The van der Waals surface area contributed by atoms with Crippen molar-refractivity contribution in [1.29, 1.82) is 0 Å². The Morgan fingerprint density at radius 1 is 1.47 bits per heavy atom. The molecule has 1 atom stereocenters. The third-order valence-electron chi connectivity index (χ3n) is 3.77. The fourth-order valence-electron chi connectivity index (χ4n) is 2.47. The van der Waals surface area contributed by atoms with Crippen LogP contribution in [0.15, 0.2) is 0 Å². The van der Waals surface area contributed by atoms with E-state index in [0.717, 1.165) is 25.0 Å². The average Bonchev–Trinajstić information content (AvgIpc) is 3.12. The monoisotopic (exact) mass is 264 g/mol. The van der Waals surface area contributed by atoms with Crippen LogP contribution in [0.3, 0.4) is 0 Å². The molecule has 0 radical (unpaired) electrons. The van der Waals surface area contributed by atoms with E-state index >= 15 is 0 Å². The van der Waals surface area contributed by atoms with E-state index in [2.05, 4.69) is 29.6 Å². The first kappa shape index (κ1) is 14.1. The van der Waals surface area contributed by atoms with E-state index in [1.54, 1.807) is 0 Å². The minimum Gasteiger partial charge on any atom is -0.352 e. The van der Waals surface area contributed by atoms with Crippen LogP contribution in [0.1, 0.15) is 49.2 Å². The number of rotatable bonds is 6. The Bertz CT molecular complexity index is 462. The first-order valence-corrected chi connectivity index (χ1v) is 7.05. The zero-order chi connectivity index (χ0) is 14.0. The van der Waals surface area contributed by atoms with Crippen LogP contribution >= 0.6 is 0 Å². The van der Waals surface area contributed by atoms with Crippen LogP contribution in [0.25, 0.3) is 0 Å². The topological polar surface area (TPSA) is 59.0 Å². The summed E-state index contributed by atoms with van der Waals surface area (Å²) in [7, 11) is 1.96. The molecule has 5 heteroatoms. The Morgan fingerprint density at radius 2 is 2.16 bits per heavy atom. The molecule has 19 heavy (non-hydrogen) atoms. The summed E-state index contributed by atoms with van der Waals surface area (Å²) in [6, 6.07) is 0.620. The van der Waals surface area contributed by atoms with Gasteiger partial charge in [-0.2, -0.15) is 5.10 Å². The van der Waals surface area contributed by atoms with Crippen LogP contribution in [0, 0.1) is 13.8 Å². The lowest BCUT2D eigenvalue weighted by atomic mass is 10.0. The van der Waals surface area contributed by atoms with E-state index < -0.39 is 0 Å². The number of carbonyl (C=O) groups excluding carboxylic acids is 1. The second kappa shape index (κ2) is 5.74. The van der Waals surface area contributed by atoms with Crippen molar-refractivity contribution < 1.29 is 4.79 Å². The molecule has 0 aromatic carbocycles. The summed E-state index contributed by atoms with van der Waals surface area (Å²) in [5.41, 5.74) is 3.44. The molecule has 1 aromatic rings. The molecule has 1 fully saturated rings. The Labute approximate surface area is 114 Å². The third kappa shape index (κ3) is 3.35. The van der Waals surface area contributed by atoms with Crippen LogP contribution < -0.4 is 10.6 Å². The van der Waals surface area contributed by atoms with Gasteiger partial charge in [-0.3, -0.25) is 9.48 Å². The molecular formula is C14H24N4O. The lowest BCUT2D eigenvalue weighted by molar-refractivity contribution is -0.120. The predicted molar refractivity (Wildman–Crippen MR) is 74.9 cm³/mol. The number of carbonyl (C=O) groups is 1. The number of hydrogen-bond acceptors (Lipinski definition) is 3. The molecule has 1 aliphatic carbocycles. The molecular weight excluding hydrogens is 240 g/mol. The zero-order valence-electron chi connectivity index (χ0n) is 12.3. The second-order valence-corrected chi connectivity index (χ2v) is 5.39. The van der Waals surface area contributed by atoms with E-state index in [1.807, 2.05) is 18.7 Å². The van der Waals surface area contributed by atoms with E-state index in [-0.39, 0.29) is 11.9 Å². The highest BCUT2D eigenvalue weighted by atomic mass is 16.2. The van der Waals surface area contributed by atoms with E-state index in [1.165, 1.54) is 11.3 Å². The minimum atomic E-state index is 0.0974. The van der Waals surface area contributed by atoms with E-state index in [9.17, 15) is 4.79 Å². The van der Waals surface area contributed by atoms with Gasteiger partial charge in [-0.05, 0) is 33.1 Å². The molecule has 1 saturated carbocycles. The molecule has 0 aliphatic heterocycles. The Balaban J connectivity index is 1.96. The number of hydrogen-bond donors (Lipinski definition) is 2. The van der Waals surface area contributed by atoms with Gasteiger partial charge in [-0.1, -0.05) is 6.92 Å². The highest BCUT2D eigenvalue weighted by Crippen LogP contribution is 2.23. The third-order valence-corrected chi connectivity index (χ3v) is 3.77. The lowest BCUT2D eigenvalue weighted by Crippen LogP contribution is -2.36. The molecule has 5 nitrogen and oxygen atoms in total. The van der Waals surface area contributed by atoms with Crippen molar-refractivity contribution in [3.8, 4) is 0 Å². The van der Waals surface area contributed by atoms with Gasteiger partial charge in [-0.15, -0.1) is 0 Å². The first-order chi connectivity index (χ1) is 9.02. The Hall–Kier alpha value is -1.36. The summed E-state index contributed by atoms with van der Waals surface area (Å²) in [6.07, 6.45) is 3.21. The molecule has 0 saturated heterocycles. The highest BCUT2D eigenvalue weighted by molar-refractivity contribution is 5.78. The highest BCUT2D eigenvalue weighted by Gasteiger charge is 2.24. The number of aromatic nitrogens is 2. The van der Waals surface area contributed by atoms with Gasteiger partial charge >= 0.3 is 0 Å². The fraction of sp³-hybridized carbons (Fsp3) is 0.714. The van der Waals surface area contributed by atoms with Crippen molar-refractivity contribution in [3.63, 3.8) is 0 Å². The van der Waals surface area contributed by atoms with E-state index in [0.29, 0.717) is 12.6 Å². The largest absolute Gasteiger partial charge is 0.352 e. The molecule has 106 valence electrons. The van der Waals surface area contributed by atoms with Gasteiger partial charge in [0.25, 0.3) is 0 Å². The van der Waals surface area contributed by atoms with E-state index in [4.69, 9.17) is 0 Å². The summed E-state index contributed by atoms with van der Waals surface area (Å²) in [5, 5.41) is 10.8. The number of aryl methyl sites for hydroxylation is 2. The maximum atomic E-state index is 11.7. The van der Waals surface area contributed by atoms with Crippen molar-refractivity contribution in [1.82, 2.24) is 20.4 Å². The average molecular weight is 264 g/mol. The zero-order valence-corrected chi connectivity index (χ0v) is 12.3. The van der Waals surface area contributed by atoms with Gasteiger partial charge in [0, 0.05) is 30.4 Å². The molecule has 1 heterocycles.